The van der Waals surface area contributed by atoms with E-state index in [1.54, 1.807) is 12.1 Å². The Morgan fingerprint density at radius 3 is 2.81 bits per heavy atom. The van der Waals surface area contributed by atoms with Gasteiger partial charge < -0.3 is 20.1 Å². The van der Waals surface area contributed by atoms with Crippen LogP contribution in [0.5, 0.6) is 11.5 Å². The van der Waals surface area contributed by atoms with E-state index in [4.69, 9.17) is 9.47 Å². The molecule has 142 valence electrons. The van der Waals surface area contributed by atoms with E-state index in [0.29, 0.717) is 29.6 Å². The predicted octanol–water partition coefficient (Wildman–Crippen LogP) is 3.37. The van der Waals surface area contributed by atoms with Crippen LogP contribution in [0.2, 0.25) is 0 Å². The minimum atomic E-state index is -0.189. The highest BCUT2D eigenvalue weighted by Gasteiger charge is 2.23. The van der Waals surface area contributed by atoms with Gasteiger partial charge in [0.1, 0.15) is 0 Å². The minimum absolute atomic E-state index is 0.189. The number of aryl methyl sites for hydroxylation is 1. The van der Waals surface area contributed by atoms with Crippen LogP contribution < -0.4 is 20.1 Å². The summed E-state index contributed by atoms with van der Waals surface area (Å²) < 4.78 is 10.6. The molecule has 4 rings (SSSR count). The predicted molar refractivity (Wildman–Crippen MR) is 104 cm³/mol. The van der Waals surface area contributed by atoms with Crippen LogP contribution in [0.1, 0.15) is 17.5 Å². The van der Waals surface area contributed by atoms with Crippen LogP contribution in [0.15, 0.2) is 42.5 Å². The van der Waals surface area contributed by atoms with Crippen molar-refractivity contribution in [3.63, 3.8) is 0 Å². The van der Waals surface area contributed by atoms with Gasteiger partial charge in [0.25, 0.3) is 0 Å². The van der Waals surface area contributed by atoms with Gasteiger partial charge in [-0.2, -0.15) is 0 Å². The SMILES string of the molecule is Cc1ccc(CN2CC[C@@H](CNC(=O)Nc3ccc4c(c3)OCO4)C2)cc1. The summed E-state index contributed by atoms with van der Waals surface area (Å²) in [5, 5.41) is 5.84. The monoisotopic (exact) mass is 367 g/mol. The van der Waals surface area contributed by atoms with Crippen molar-refractivity contribution < 1.29 is 14.3 Å². The van der Waals surface area contributed by atoms with Crippen molar-refractivity contribution in [2.45, 2.75) is 19.9 Å². The Hall–Kier alpha value is -2.73. The summed E-state index contributed by atoms with van der Waals surface area (Å²) in [7, 11) is 0. The molecule has 2 aliphatic rings. The van der Waals surface area contributed by atoms with E-state index >= 15 is 0 Å². The van der Waals surface area contributed by atoms with Gasteiger partial charge in [0.05, 0.1) is 0 Å². The topological polar surface area (TPSA) is 62.8 Å². The Labute approximate surface area is 159 Å². The molecular formula is C21H25N3O3. The normalized spacial score (nSPS) is 18.5. The Morgan fingerprint density at radius 2 is 1.96 bits per heavy atom. The molecular weight excluding hydrogens is 342 g/mol. The zero-order chi connectivity index (χ0) is 18.6. The summed E-state index contributed by atoms with van der Waals surface area (Å²) in [6.45, 7) is 6.07. The van der Waals surface area contributed by atoms with Crippen LogP contribution in [-0.2, 0) is 6.54 Å². The third kappa shape index (κ3) is 4.52. The van der Waals surface area contributed by atoms with Crippen LogP contribution in [-0.4, -0.2) is 37.4 Å². The molecule has 2 amide bonds. The van der Waals surface area contributed by atoms with Gasteiger partial charge in [-0.25, -0.2) is 4.79 Å². The number of nitrogens with one attached hydrogen (secondary N) is 2. The molecule has 6 nitrogen and oxygen atoms in total. The number of amides is 2. The highest BCUT2D eigenvalue weighted by Crippen LogP contribution is 2.34. The first-order chi connectivity index (χ1) is 13.2. The minimum Gasteiger partial charge on any atom is -0.454 e. The number of rotatable bonds is 5. The quantitative estimate of drug-likeness (QED) is 0.851. The highest BCUT2D eigenvalue weighted by atomic mass is 16.7. The maximum absolute atomic E-state index is 12.2. The summed E-state index contributed by atoms with van der Waals surface area (Å²) in [4.78, 5) is 14.6. The number of urea groups is 1. The van der Waals surface area contributed by atoms with E-state index in [1.165, 1.54) is 11.1 Å². The number of carbonyl (C=O) groups is 1. The number of hydrogen-bond donors (Lipinski definition) is 2. The van der Waals surface area contributed by atoms with Crippen molar-refractivity contribution in [1.82, 2.24) is 10.2 Å². The number of anilines is 1. The van der Waals surface area contributed by atoms with Gasteiger partial charge in [-0.1, -0.05) is 29.8 Å². The van der Waals surface area contributed by atoms with E-state index in [-0.39, 0.29) is 12.8 Å². The fourth-order valence-electron chi connectivity index (χ4n) is 3.56. The number of nitrogens with zero attached hydrogens (tertiary/aromatic N) is 1. The Bertz CT molecular complexity index is 807. The summed E-state index contributed by atoms with van der Waals surface area (Å²) >= 11 is 0. The van der Waals surface area contributed by atoms with E-state index < -0.39 is 0 Å². The third-order valence-electron chi connectivity index (χ3n) is 5.08. The molecule has 0 aromatic heterocycles. The summed E-state index contributed by atoms with van der Waals surface area (Å²) in [5.74, 6) is 1.86. The van der Waals surface area contributed by atoms with Gasteiger partial charge in [0.15, 0.2) is 11.5 Å². The van der Waals surface area contributed by atoms with E-state index in [9.17, 15) is 4.79 Å². The van der Waals surface area contributed by atoms with E-state index in [2.05, 4.69) is 46.7 Å². The molecule has 1 atom stereocenters. The molecule has 0 aliphatic carbocycles. The standard InChI is InChI=1S/C21H25N3O3/c1-15-2-4-16(5-3-15)12-24-9-8-17(13-24)11-22-21(25)23-18-6-7-19-20(10-18)27-14-26-19/h2-7,10,17H,8-9,11-14H2,1H3,(H2,22,23,25)/t17-/m0/s1. The van der Waals surface area contributed by atoms with E-state index in [0.717, 1.165) is 26.1 Å². The number of likely N-dealkylation sites (tertiary alicyclic amines) is 1. The van der Waals surface area contributed by atoms with Crippen LogP contribution >= 0.6 is 0 Å². The lowest BCUT2D eigenvalue weighted by molar-refractivity contribution is 0.174. The number of ether oxygens (including phenoxy) is 2. The van der Waals surface area contributed by atoms with Crippen LogP contribution in [0.3, 0.4) is 0 Å². The van der Waals surface area contributed by atoms with Crippen molar-refractivity contribution in [2.75, 3.05) is 31.7 Å². The molecule has 1 saturated heterocycles. The highest BCUT2D eigenvalue weighted by molar-refractivity contribution is 5.89. The fourth-order valence-corrected chi connectivity index (χ4v) is 3.56. The maximum Gasteiger partial charge on any atom is 0.319 e. The number of benzene rings is 2. The Kier molecular flexibility index (Phi) is 5.16. The molecule has 0 unspecified atom stereocenters. The van der Waals surface area contributed by atoms with Gasteiger partial charge in [0, 0.05) is 31.4 Å². The van der Waals surface area contributed by atoms with Gasteiger partial charge in [0.2, 0.25) is 6.79 Å². The molecule has 2 aliphatic heterocycles. The van der Waals surface area contributed by atoms with Gasteiger partial charge in [-0.05, 0) is 43.5 Å². The second kappa shape index (κ2) is 7.88. The Balaban J connectivity index is 1.21. The molecule has 0 saturated carbocycles. The number of carbonyl (C=O) groups excluding carboxylic acids is 1. The van der Waals surface area contributed by atoms with Crippen molar-refractivity contribution in [1.29, 1.82) is 0 Å². The lowest BCUT2D eigenvalue weighted by atomic mass is 10.1. The maximum atomic E-state index is 12.2. The molecule has 2 heterocycles. The number of hydrogen-bond acceptors (Lipinski definition) is 4. The lowest BCUT2D eigenvalue weighted by Crippen LogP contribution is -2.34. The van der Waals surface area contributed by atoms with Gasteiger partial charge in [-0.3, -0.25) is 4.90 Å². The summed E-state index contributed by atoms with van der Waals surface area (Å²) in [6, 6.07) is 13.9. The first-order valence-corrected chi connectivity index (χ1v) is 9.38. The largest absolute Gasteiger partial charge is 0.454 e. The Morgan fingerprint density at radius 1 is 1.15 bits per heavy atom. The smallest absolute Gasteiger partial charge is 0.319 e. The third-order valence-corrected chi connectivity index (χ3v) is 5.08. The fraction of sp³-hybridized carbons (Fsp3) is 0.381. The van der Waals surface area contributed by atoms with Crippen LogP contribution in [0.4, 0.5) is 10.5 Å². The van der Waals surface area contributed by atoms with Crippen molar-refractivity contribution in [3.05, 3.63) is 53.6 Å². The molecule has 2 aromatic rings. The van der Waals surface area contributed by atoms with Crippen molar-refractivity contribution >= 4 is 11.7 Å². The van der Waals surface area contributed by atoms with Crippen LogP contribution in [0, 0.1) is 12.8 Å². The van der Waals surface area contributed by atoms with Crippen LogP contribution in [0.25, 0.3) is 0 Å². The molecule has 2 aromatic carbocycles. The molecule has 0 spiro atoms. The molecule has 27 heavy (non-hydrogen) atoms. The molecule has 6 heteroatoms. The van der Waals surface area contributed by atoms with E-state index in [1.807, 2.05) is 6.07 Å². The second-order valence-corrected chi connectivity index (χ2v) is 7.28. The average molecular weight is 367 g/mol. The molecule has 1 fully saturated rings. The molecule has 0 radical (unpaired) electrons. The average Bonchev–Trinajstić information content (AvgIpc) is 3.31. The zero-order valence-corrected chi connectivity index (χ0v) is 15.5. The number of fused-ring (bicyclic) bond motifs is 1. The first-order valence-electron chi connectivity index (χ1n) is 9.38. The van der Waals surface area contributed by atoms with Crippen molar-refractivity contribution in [3.8, 4) is 11.5 Å². The van der Waals surface area contributed by atoms with Gasteiger partial charge >= 0.3 is 6.03 Å². The van der Waals surface area contributed by atoms with Gasteiger partial charge in [-0.15, -0.1) is 0 Å². The van der Waals surface area contributed by atoms with Crippen molar-refractivity contribution in [2.24, 2.45) is 5.92 Å². The summed E-state index contributed by atoms with van der Waals surface area (Å²) in [6.07, 6.45) is 1.11. The second-order valence-electron chi connectivity index (χ2n) is 7.28. The lowest BCUT2D eigenvalue weighted by Gasteiger charge is -2.16. The summed E-state index contributed by atoms with van der Waals surface area (Å²) in [5.41, 5.74) is 3.33. The molecule has 0 bridgehead atoms. The first kappa shape index (κ1) is 17.7. The molecule has 2 N–H and O–H groups in total. The zero-order valence-electron chi connectivity index (χ0n) is 15.5.